The fourth-order valence-electron chi connectivity index (χ4n) is 2.91. The Bertz CT molecular complexity index is 237. The molecule has 0 unspecified atom stereocenters. The molecule has 0 atom stereocenters. The van der Waals surface area contributed by atoms with Crippen LogP contribution < -0.4 is 0 Å². The van der Waals surface area contributed by atoms with Crippen molar-refractivity contribution in [2.24, 2.45) is 10.8 Å². The number of hydrogen-bond acceptors (Lipinski definition) is 2. The summed E-state index contributed by atoms with van der Waals surface area (Å²) >= 11 is 0. The zero-order valence-electron chi connectivity index (χ0n) is 8.71. The van der Waals surface area contributed by atoms with Gasteiger partial charge in [0, 0.05) is 13.2 Å². The second-order valence-electron chi connectivity index (χ2n) is 4.91. The van der Waals surface area contributed by atoms with Crippen molar-refractivity contribution in [1.29, 1.82) is 0 Å². The SMILES string of the molecule is CC1(C2(C(=O)O)CCC2)CCOCC1. The van der Waals surface area contributed by atoms with E-state index in [2.05, 4.69) is 6.92 Å². The van der Waals surface area contributed by atoms with E-state index in [9.17, 15) is 9.90 Å². The van der Waals surface area contributed by atoms with Gasteiger partial charge in [-0.2, -0.15) is 0 Å². The van der Waals surface area contributed by atoms with Gasteiger partial charge < -0.3 is 9.84 Å². The summed E-state index contributed by atoms with van der Waals surface area (Å²) in [5, 5.41) is 9.36. The lowest BCUT2D eigenvalue weighted by Gasteiger charge is -2.53. The van der Waals surface area contributed by atoms with E-state index in [4.69, 9.17) is 4.74 Å². The van der Waals surface area contributed by atoms with Gasteiger partial charge in [-0.1, -0.05) is 13.3 Å². The lowest BCUT2D eigenvalue weighted by molar-refractivity contribution is -0.175. The highest BCUT2D eigenvalue weighted by Gasteiger charge is 2.57. The molecule has 0 aromatic carbocycles. The van der Waals surface area contributed by atoms with Crippen LogP contribution in [0.1, 0.15) is 39.0 Å². The highest BCUT2D eigenvalue weighted by molar-refractivity contribution is 5.77. The molecule has 3 heteroatoms. The van der Waals surface area contributed by atoms with Crippen molar-refractivity contribution in [2.75, 3.05) is 13.2 Å². The fourth-order valence-corrected chi connectivity index (χ4v) is 2.91. The van der Waals surface area contributed by atoms with E-state index in [1.165, 1.54) is 0 Å². The summed E-state index contributed by atoms with van der Waals surface area (Å²) in [6, 6.07) is 0. The van der Waals surface area contributed by atoms with Crippen molar-refractivity contribution >= 4 is 5.97 Å². The Kier molecular flexibility index (Phi) is 2.30. The molecular formula is C11H18O3. The summed E-state index contributed by atoms with van der Waals surface area (Å²) in [6.07, 6.45) is 4.60. The first-order valence-corrected chi connectivity index (χ1v) is 5.42. The van der Waals surface area contributed by atoms with Crippen LogP contribution in [0, 0.1) is 10.8 Å². The third-order valence-electron chi connectivity index (χ3n) is 4.37. The van der Waals surface area contributed by atoms with E-state index in [1.54, 1.807) is 0 Å². The Morgan fingerprint density at radius 3 is 2.14 bits per heavy atom. The van der Waals surface area contributed by atoms with Gasteiger partial charge in [0.2, 0.25) is 0 Å². The van der Waals surface area contributed by atoms with Gasteiger partial charge in [-0.3, -0.25) is 4.79 Å². The number of rotatable bonds is 2. The van der Waals surface area contributed by atoms with E-state index < -0.39 is 11.4 Å². The van der Waals surface area contributed by atoms with Gasteiger partial charge in [-0.25, -0.2) is 0 Å². The Balaban J connectivity index is 2.21. The smallest absolute Gasteiger partial charge is 0.310 e. The predicted molar refractivity (Wildman–Crippen MR) is 52.1 cm³/mol. The average molecular weight is 198 g/mol. The van der Waals surface area contributed by atoms with E-state index in [0.29, 0.717) is 0 Å². The van der Waals surface area contributed by atoms with E-state index in [-0.39, 0.29) is 5.41 Å². The minimum atomic E-state index is -0.590. The second-order valence-corrected chi connectivity index (χ2v) is 4.91. The topological polar surface area (TPSA) is 46.5 Å². The zero-order valence-corrected chi connectivity index (χ0v) is 8.71. The quantitative estimate of drug-likeness (QED) is 0.738. The van der Waals surface area contributed by atoms with Gasteiger partial charge in [0.15, 0.2) is 0 Å². The summed E-state index contributed by atoms with van der Waals surface area (Å²) in [5.41, 5.74) is -0.466. The number of aliphatic carboxylic acids is 1. The Labute approximate surface area is 84.4 Å². The van der Waals surface area contributed by atoms with E-state index >= 15 is 0 Å². The van der Waals surface area contributed by atoms with Gasteiger partial charge >= 0.3 is 5.97 Å². The van der Waals surface area contributed by atoms with Gasteiger partial charge in [-0.05, 0) is 31.1 Å². The third kappa shape index (κ3) is 1.18. The minimum absolute atomic E-state index is 0.0324. The molecule has 1 heterocycles. The first-order chi connectivity index (χ1) is 6.61. The fraction of sp³-hybridized carbons (Fsp3) is 0.909. The van der Waals surface area contributed by atoms with Crippen LogP contribution in [0.15, 0.2) is 0 Å². The molecular weight excluding hydrogens is 180 g/mol. The lowest BCUT2D eigenvalue weighted by atomic mass is 9.51. The van der Waals surface area contributed by atoms with Crippen molar-refractivity contribution < 1.29 is 14.6 Å². The van der Waals surface area contributed by atoms with Crippen molar-refractivity contribution in [3.05, 3.63) is 0 Å². The maximum atomic E-state index is 11.4. The van der Waals surface area contributed by atoms with E-state index in [0.717, 1.165) is 45.3 Å². The minimum Gasteiger partial charge on any atom is -0.481 e. The van der Waals surface area contributed by atoms with Crippen LogP contribution in [0.3, 0.4) is 0 Å². The number of carboxylic acids is 1. The first kappa shape index (κ1) is 9.97. The van der Waals surface area contributed by atoms with Gasteiger partial charge in [0.1, 0.15) is 0 Å². The van der Waals surface area contributed by atoms with Crippen LogP contribution in [-0.2, 0) is 9.53 Å². The van der Waals surface area contributed by atoms with E-state index in [1.807, 2.05) is 0 Å². The molecule has 0 aromatic rings. The number of carbonyl (C=O) groups is 1. The standard InChI is InChI=1S/C11H18O3/c1-10(5-7-14-8-6-10)11(9(12)13)3-2-4-11/h2-8H2,1H3,(H,12,13). The van der Waals surface area contributed by atoms with Crippen molar-refractivity contribution in [3.63, 3.8) is 0 Å². The van der Waals surface area contributed by atoms with Gasteiger partial charge in [0.05, 0.1) is 5.41 Å². The molecule has 14 heavy (non-hydrogen) atoms. The molecule has 2 fully saturated rings. The molecule has 0 radical (unpaired) electrons. The molecule has 1 N–H and O–H groups in total. The molecule has 1 aliphatic carbocycles. The monoisotopic (exact) mass is 198 g/mol. The molecule has 1 saturated heterocycles. The average Bonchev–Trinajstić information content (AvgIpc) is 2.01. The Hall–Kier alpha value is -0.570. The zero-order chi connectivity index (χ0) is 10.2. The van der Waals surface area contributed by atoms with Crippen molar-refractivity contribution in [1.82, 2.24) is 0 Å². The van der Waals surface area contributed by atoms with Crippen LogP contribution in [0.5, 0.6) is 0 Å². The molecule has 3 nitrogen and oxygen atoms in total. The van der Waals surface area contributed by atoms with Crippen molar-refractivity contribution in [2.45, 2.75) is 39.0 Å². The summed E-state index contributed by atoms with van der Waals surface area (Å²) in [4.78, 5) is 11.4. The number of ether oxygens (including phenoxy) is 1. The molecule has 2 aliphatic rings. The van der Waals surface area contributed by atoms with Gasteiger partial charge in [-0.15, -0.1) is 0 Å². The molecule has 80 valence electrons. The Morgan fingerprint density at radius 2 is 1.79 bits per heavy atom. The third-order valence-corrected chi connectivity index (χ3v) is 4.37. The molecule has 0 bridgehead atoms. The summed E-state index contributed by atoms with van der Waals surface area (Å²) in [5.74, 6) is -0.590. The molecule has 1 saturated carbocycles. The van der Waals surface area contributed by atoms with Crippen LogP contribution in [-0.4, -0.2) is 24.3 Å². The van der Waals surface area contributed by atoms with Crippen LogP contribution in [0.25, 0.3) is 0 Å². The largest absolute Gasteiger partial charge is 0.481 e. The molecule has 0 aromatic heterocycles. The van der Waals surface area contributed by atoms with Crippen LogP contribution in [0.2, 0.25) is 0 Å². The molecule has 0 spiro atoms. The lowest BCUT2D eigenvalue weighted by Crippen LogP contribution is -2.53. The summed E-state index contributed by atoms with van der Waals surface area (Å²) in [6.45, 7) is 3.58. The van der Waals surface area contributed by atoms with Crippen LogP contribution in [0.4, 0.5) is 0 Å². The summed E-state index contributed by atoms with van der Waals surface area (Å²) < 4.78 is 5.32. The highest BCUT2D eigenvalue weighted by Crippen LogP contribution is 2.58. The number of hydrogen-bond donors (Lipinski definition) is 1. The molecule has 0 amide bonds. The highest BCUT2D eigenvalue weighted by atomic mass is 16.5. The van der Waals surface area contributed by atoms with Crippen molar-refractivity contribution in [3.8, 4) is 0 Å². The Morgan fingerprint density at radius 1 is 1.21 bits per heavy atom. The number of carboxylic acid groups (broad SMARTS) is 1. The second kappa shape index (κ2) is 3.23. The first-order valence-electron chi connectivity index (χ1n) is 5.42. The maximum Gasteiger partial charge on any atom is 0.310 e. The predicted octanol–water partition coefficient (Wildman–Crippen LogP) is 2.06. The molecule has 1 aliphatic heterocycles. The normalized spacial score (nSPS) is 29.2. The van der Waals surface area contributed by atoms with Crippen LogP contribution >= 0.6 is 0 Å². The molecule has 2 rings (SSSR count). The summed E-state index contributed by atoms with van der Waals surface area (Å²) in [7, 11) is 0. The van der Waals surface area contributed by atoms with Gasteiger partial charge in [0.25, 0.3) is 0 Å². The maximum absolute atomic E-state index is 11.4.